The Bertz CT molecular complexity index is 1550. The van der Waals surface area contributed by atoms with E-state index in [1.54, 1.807) is 19.1 Å². The summed E-state index contributed by atoms with van der Waals surface area (Å²) in [5, 5.41) is 14.1. The first-order valence-corrected chi connectivity index (χ1v) is 14.6. The van der Waals surface area contributed by atoms with Crippen molar-refractivity contribution in [3.8, 4) is 5.75 Å². The monoisotopic (exact) mass is 561 g/mol. The lowest BCUT2D eigenvalue weighted by molar-refractivity contribution is -0.385. The first-order chi connectivity index (χ1) is 17.7. The Labute approximate surface area is 221 Å². The predicted octanol–water partition coefficient (Wildman–Crippen LogP) is 3.39. The molecule has 0 heterocycles. The smallest absolute Gasteiger partial charge is 0.273 e. The zero-order valence-electron chi connectivity index (χ0n) is 21.1. The Morgan fingerprint density at radius 1 is 1.00 bits per heavy atom. The second-order valence-electron chi connectivity index (χ2n) is 8.55. The largest absolute Gasteiger partial charge is 0.497 e. The number of nitro groups is 1. The number of hydrogen-bond donors (Lipinski definition) is 1. The van der Waals surface area contributed by atoms with Gasteiger partial charge in [-0.05, 0) is 61.9 Å². The minimum Gasteiger partial charge on any atom is -0.497 e. The third-order valence-electron chi connectivity index (χ3n) is 5.80. The number of nitrogens with zero attached hydrogens (tertiary/aromatic N) is 2. The number of methoxy groups -OCH3 is 1. The van der Waals surface area contributed by atoms with Crippen molar-refractivity contribution in [3.05, 3.63) is 88.0 Å². The summed E-state index contributed by atoms with van der Waals surface area (Å²) in [7, 11) is -6.34. The van der Waals surface area contributed by atoms with E-state index in [0.29, 0.717) is 16.9 Å². The van der Waals surface area contributed by atoms with Gasteiger partial charge in [0.05, 0.1) is 33.6 Å². The number of sulfonamides is 1. The summed E-state index contributed by atoms with van der Waals surface area (Å²) in [6.07, 6.45) is 1.09. The van der Waals surface area contributed by atoms with Crippen LogP contribution in [0, 0.1) is 17.0 Å². The molecule has 0 bridgehead atoms. The molecule has 0 fully saturated rings. The Hall–Kier alpha value is -3.97. The van der Waals surface area contributed by atoms with Gasteiger partial charge in [0.2, 0.25) is 5.91 Å². The minimum atomic E-state index is -4.40. The number of amides is 1. The van der Waals surface area contributed by atoms with Gasteiger partial charge >= 0.3 is 0 Å². The fourth-order valence-electron chi connectivity index (χ4n) is 3.64. The van der Waals surface area contributed by atoms with Crippen LogP contribution < -0.4 is 14.4 Å². The maximum Gasteiger partial charge on any atom is 0.273 e. The number of carbonyl (C=O) groups is 1. The van der Waals surface area contributed by atoms with Crippen LogP contribution >= 0.6 is 0 Å². The fraction of sp³-hybridized carbons (Fsp3) is 0.240. The van der Waals surface area contributed by atoms with Gasteiger partial charge in [0.25, 0.3) is 15.7 Å². The van der Waals surface area contributed by atoms with Crippen LogP contribution in [-0.2, 0) is 24.7 Å². The predicted molar refractivity (Wildman–Crippen MR) is 141 cm³/mol. The molecule has 0 saturated heterocycles. The van der Waals surface area contributed by atoms with Gasteiger partial charge < -0.3 is 10.1 Å². The molecular weight excluding hydrogens is 534 g/mol. The number of anilines is 1. The van der Waals surface area contributed by atoms with E-state index in [4.69, 9.17) is 4.74 Å². The molecule has 0 aliphatic rings. The van der Waals surface area contributed by atoms with Gasteiger partial charge in [-0.3, -0.25) is 19.2 Å². The molecule has 11 nitrogen and oxygen atoms in total. The molecule has 3 rings (SSSR count). The number of aryl methyl sites for hydroxylation is 1. The molecule has 0 radical (unpaired) electrons. The van der Waals surface area contributed by atoms with Crippen molar-refractivity contribution in [2.45, 2.75) is 29.7 Å². The molecule has 38 heavy (non-hydrogen) atoms. The molecule has 0 aromatic heterocycles. The van der Waals surface area contributed by atoms with Crippen molar-refractivity contribution >= 4 is 37.1 Å². The highest BCUT2D eigenvalue weighted by Crippen LogP contribution is 2.29. The summed E-state index contributed by atoms with van der Waals surface area (Å²) < 4.78 is 56.6. The number of carbonyl (C=O) groups excluding carboxylic acids is 1. The summed E-state index contributed by atoms with van der Waals surface area (Å²) in [4.78, 5) is 23.5. The maximum atomic E-state index is 13.6. The van der Waals surface area contributed by atoms with Crippen LogP contribution in [0.4, 0.5) is 11.4 Å². The average molecular weight is 562 g/mol. The Morgan fingerprint density at radius 2 is 1.58 bits per heavy atom. The quantitative estimate of drug-likeness (QED) is 0.292. The molecular formula is C25H27N3O8S2. The van der Waals surface area contributed by atoms with E-state index in [2.05, 4.69) is 5.32 Å². The van der Waals surface area contributed by atoms with Gasteiger partial charge in [-0.1, -0.05) is 18.2 Å². The maximum absolute atomic E-state index is 13.6. The van der Waals surface area contributed by atoms with Crippen LogP contribution in [0.5, 0.6) is 5.75 Å². The van der Waals surface area contributed by atoms with Crippen molar-refractivity contribution < 1.29 is 31.3 Å². The lowest BCUT2D eigenvalue weighted by Crippen LogP contribution is -2.41. The van der Waals surface area contributed by atoms with Crippen molar-refractivity contribution in [2.75, 3.05) is 24.2 Å². The molecule has 0 unspecified atom stereocenters. The van der Waals surface area contributed by atoms with E-state index < -0.39 is 43.3 Å². The Balaban J connectivity index is 1.93. The van der Waals surface area contributed by atoms with Crippen LogP contribution in [-0.4, -0.2) is 47.6 Å². The number of nitrogens with one attached hydrogen (secondary N) is 1. The lowest BCUT2D eigenvalue weighted by Gasteiger charge is -2.25. The fourth-order valence-corrected chi connectivity index (χ4v) is 5.71. The number of benzene rings is 3. The van der Waals surface area contributed by atoms with Crippen molar-refractivity contribution in [3.63, 3.8) is 0 Å². The summed E-state index contributed by atoms with van der Waals surface area (Å²) >= 11 is 0. The number of hydrogen-bond acceptors (Lipinski definition) is 8. The van der Waals surface area contributed by atoms with Crippen molar-refractivity contribution in [1.29, 1.82) is 0 Å². The van der Waals surface area contributed by atoms with Crippen LogP contribution in [0.2, 0.25) is 0 Å². The van der Waals surface area contributed by atoms with E-state index >= 15 is 0 Å². The molecule has 1 amide bonds. The third-order valence-corrected chi connectivity index (χ3v) is 8.70. The molecule has 1 atom stereocenters. The number of ether oxygens (including phenoxy) is 1. The van der Waals surface area contributed by atoms with Crippen LogP contribution in [0.3, 0.4) is 0 Å². The molecule has 0 spiro atoms. The van der Waals surface area contributed by atoms with Gasteiger partial charge in [0.1, 0.15) is 12.3 Å². The molecule has 202 valence electrons. The standard InChI is InChI=1S/C25H27N3O8S2/c1-17-5-12-23(15-24(17)28(30)31)38(34,35)27(20-8-10-21(36-3)11-9-20)16-25(29)26-18(2)19-6-13-22(14-7-19)37(4,32)33/h5-15,18H,16H2,1-4H3,(H,26,29)/t18-/m1/s1. The molecule has 3 aromatic rings. The number of sulfone groups is 1. The highest BCUT2D eigenvalue weighted by atomic mass is 32.2. The second-order valence-corrected chi connectivity index (χ2v) is 12.4. The summed E-state index contributed by atoms with van der Waals surface area (Å²) in [6, 6.07) is 14.9. The molecule has 3 aromatic carbocycles. The molecule has 13 heteroatoms. The van der Waals surface area contributed by atoms with Crippen molar-refractivity contribution in [2.24, 2.45) is 0 Å². The topological polar surface area (TPSA) is 153 Å². The van der Waals surface area contributed by atoms with E-state index in [1.807, 2.05) is 0 Å². The highest BCUT2D eigenvalue weighted by Gasteiger charge is 2.30. The van der Waals surface area contributed by atoms with Crippen LogP contribution in [0.25, 0.3) is 0 Å². The molecule has 0 aliphatic heterocycles. The highest BCUT2D eigenvalue weighted by molar-refractivity contribution is 7.93. The first-order valence-electron chi connectivity index (χ1n) is 11.2. The van der Waals surface area contributed by atoms with E-state index in [1.165, 1.54) is 62.6 Å². The first kappa shape index (κ1) is 28.6. The van der Waals surface area contributed by atoms with Gasteiger partial charge in [0.15, 0.2) is 9.84 Å². The van der Waals surface area contributed by atoms with Crippen LogP contribution in [0.1, 0.15) is 24.1 Å². The lowest BCUT2D eigenvalue weighted by atomic mass is 10.1. The van der Waals surface area contributed by atoms with Crippen LogP contribution in [0.15, 0.2) is 76.5 Å². The third kappa shape index (κ3) is 6.47. The Morgan fingerprint density at radius 3 is 2.11 bits per heavy atom. The summed E-state index contributed by atoms with van der Waals surface area (Å²) in [5.74, 6) is -0.182. The normalized spacial score (nSPS) is 12.4. The van der Waals surface area contributed by atoms with E-state index in [9.17, 15) is 31.7 Å². The SMILES string of the molecule is COc1ccc(N(CC(=O)N[C@H](C)c2ccc(S(C)(=O)=O)cc2)S(=O)(=O)c2ccc(C)c([N+](=O)[O-])c2)cc1. The number of nitro benzene ring substituents is 1. The van der Waals surface area contributed by atoms with Gasteiger partial charge in [-0.2, -0.15) is 0 Å². The second kappa shape index (κ2) is 11.2. The average Bonchev–Trinajstić information content (AvgIpc) is 2.86. The van der Waals surface area contributed by atoms with Crippen molar-refractivity contribution in [1.82, 2.24) is 5.32 Å². The van der Waals surface area contributed by atoms with Gasteiger partial charge in [0, 0.05) is 17.9 Å². The minimum absolute atomic E-state index is 0.128. The van der Waals surface area contributed by atoms with E-state index in [0.717, 1.165) is 16.6 Å². The van der Waals surface area contributed by atoms with Gasteiger partial charge in [-0.25, -0.2) is 16.8 Å². The molecule has 0 saturated carbocycles. The Kier molecular flexibility index (Phi) is 8.42. The van der Waals surface area contributed by atoms with Gasteiger partial charge in [-0.15, -0.1) is 0 Å². The zero-order valence-corrected chi connectivity index (χ0v) is 22.7. The zero-order chi connectivity index (χ0) is 28.3. The summed E-state index contributed by atoms with van der Waals surface area (Å²) in [5.41, 5.74) is 0.683. The molecule has 0 aliphatic carbocycles. The molecule has 1 N–H and O–H groups in total. The number of rotatable bonds is 10. The van der Waals surface area contributed by atoms with E-state index in [-0.39, 0.29) is 21.2 Å². The summed E-state index contributed by atoms with van der Waals surface area (Å²) in [6.45, 7) is 2.54.